The smallest absolute Gasteiger partial charge is 0.418 e. The first-order chi connectivity index (χ1) is 13.5. The maximum Gasteiger partial charge on any atom is 0.418 e. The van der Waals surface area contributed by atoms with Gasteiger partial charge in [-0.25, -0.2) is 4.79 Å². The van der Waals surface area contributed by atoms with E-state index < -0.39 is 17.7 Å². The van der Waals surface area contributed by atoms with Crippen LogP contribution in [0.5, 0.6) is 0 Å². The highest BCUT2D eigenvalue weighted by Gasteiger charge is 2.33. The number of para-hydroxylation sites is 1. The Kier molecular flexibility index (Phi) is 6.85. The van der Waals surface area contributed by atoms with Gasteiger partial charge in [0.25, 0.3) is 5.91 Å². The van der Waals surface area contributed by atoms with E-state index in [9.17, 15) is 22.8 Å². The van der Waals surface area contributed by atoms with Crippen LogP contribution in [0.25, 0.3) is 0 Å². The molecule has 0 bridgehead atoms. The average molecular weight is 445 g/mol. The SMILES string of the molecule is COC(=O)c1c(NC(=S)Nc2ccccc2C(F)(F)F)sc(C(=O)N(C)C)c1C. The minimum Gasteiger partial charge on any atom is -0.465 e. The molecule has 0 aliphatic heterocycles. The van der Waals surface area contributed by atoms with Gasteiger partial charge in [-0.15, -0.1) is 11.3 Å². The molecule has 11 heteroatoms. The van der Waals surface area contributed by atoms with E-state index in [1.54, 1.807) is 21.0 Å². The quantitative estimate of drug-likeness (QED) is 0.538. The van der Waals surface area contributed by atoms with Gasteiger partial charge in [0.15, 0.2) is 5.11 Å². The van der Waals surface area contributed by atoms with Crippen molar-refractivity contribution in [2.24, 2.45) is 0 Å². The molecule has 156 valence electrons. The molecule has 0 spiro atoms. The number of methoxy groups -OCH3 is 1. The highest BCUT2D eigenvalue weighted by Crippen LogP contribution is 2.36. The first kappa shape index (κ1) is 22.6. The van der Waals surface area contributed by atoms with Gasteiger partial charge in [-0.05, 0) is 36.8 Å². The number of esters is 1. The Labute approximate surface area is 174 Å². The van der Waals surface area contributed by atoms with Crippen molar-refractivity contribution >= 4 is 51.2 Å². The van der Waals surface area contributed by atoms with E-state index in [1.807, 2.05) is 0 Å². The zero-order valence-electron chi connectivity index (χ0n) is 15.9. The summed E-state index contributed by atoms with van der Waals surface area (Å²) in [5.74, 6) is -1.02. The number of carbonyl (C=O) groups excluding carboxylic acids is 2. The van der Waals surface area contributed by atoms with Gasteiger partial charge in [0, 0.05) is 14.1 Å². The molecule has 1 aromatic heterocycles. The maximum atomic E-state index is 13.2. The van der Waals surface area contributed by atoms with Crippen molar-refractivity contribution in [3.05, 3.63) is 45.8 Å². The van der Waals surface area contributed by atoms with Crippen molar-refractivity contribution in [1.29, 1.82) is 0 Å². The molecule has 0 saturated carbocycles. The number of thiophene rings is 1. The van der Waals surface area contributed by atoms with Crippen LogP contribution in [0.3, 0.4) is 0 Å². The first-order valence-corrected chi connectivity index (χ1v) is 9.37. The topological polar surface area (TPSA) is 70.7 Å². The van der Waals surface area contributed by atoms with Crippen molar-refractivity contribution < 1.29 is 27.5 Å². The highest BCUT2D eigenvalue weighted by molar-refractivity contribution is 7.80. The van der Waals surface area contributed by atoms with Crippen LogP contribution in [0.4, 0.5) is 23.9 Å². The largest absolute Gasteiger partial charge is 0.465 e. The van der Waals surface area contributed by atoms with Crippen molar-refractivity contribution in [3.8, 4) is 0 Å². The maximum absolute atomic E-state index is 13.2. The molecular formula is C18H18F3N3O3S2. The number of benzene rings is 1. The third-order valence-electron chi connectivity index (χ3n) is 3.84. The lowest BCUT2D eigenvalue weighted by Crippen LogP contribution is -2.22. The molecule has 1 amide bonds. The number of thiocarbonyl (C=S) groups is 1. The number of alkyl halides is 3. The zero-order valence-corrected chi connectivity index (χ0v) is 17.6. The molecule has 0 aliphatic carbocycles. The van der Waals surface area contributed by atoms with Crippen LogP contribution in [-0.4, -0.2) is 43.1 Å². The summed E-state index contributed by atoms with van der Waals surface area (Å²) in [6.07, 6.45) is -4.57. The molecule has 0 radical (unpaired) electrons. The third kappa shape index (κ3) is 5.04. The third-order valence-corrected chi connectivity index (χ3v) is 5.24. The summed E-state index contributed by atoms with van der Waals surface area (Å²) in [6, 6.07) is 4.86. The fourth-order valence-electron chi connectivity index (χ4n) is 2.45. The van der Waals surface area contributed by atoms with Crippen LogP contribution >= 0.6 is 23.6 Å². The monoisotopic (exact) mass is 445 g/mol. The Hall–Kier alpha value is -2.66. The van der Waals surface area contributed by atoms with Crippen molar-refractivity contribution in [2.75, 3.05) is 31.8 Å². The zero-order chi connectivity index (χ0) is 21.9. The minimum atomic E-state index is -4.57. The van der Waals surface area contributed by atoms with E-state index in [4.69, 9.17) is 17.0 Å². The van der Waals surface area contributed by atoms with Gasteiger partial charge in [-0.2, -0.15) is 13.2 Å². The summed E-state index contributed by atoms with van der Waals surface area (Å²) >= 11 is 6.08. The van der Waals surface area contributed by atoms with Gasteiger partial charge >= 0.3 is 12.1 Å². The number of carbonyl (C=O) groups is 2. The molecule has 2 aromatic rings. The lowest BCUT2D eigenvalue weighted by atomic mass is 10.1. The number of nitrogens with zero attached hydrogens (tertiary/aromatic N) is 1. The second kappa shape index (κ2) is 8.78. The lowest BCUT2D eigenvalue weighted by molar-refractivity contribution is -0.136. The van der Waals surface area contributed by atoms with Gasteiger partial charge in [-0.1, -0.05) is 12.1 Å². The Morgan fingerprint density at radius 1 is 1.17 bits per heavy atom. The summed E-state index contributed by atoms with van der Waals surface area (Å²) in [5, 5.41) is 5.22. The normalized spacial score (nSPS) is 11.0. The van der Waals surface area contributed by atoms with Gasteiger partial charge in [0.2, 0.25) is 0 Å². The predicted octanol–water partition coefficient (Wildman–Crippen LogP) is 4.37. The molecule has 0 aliphatic rings. The number of amides is 1. The Bertz CT molecular complexity index is 956. The summed E-state index contributed by atoms with van der Waals surface area (Å²) in [4.78, 5) is 26.2. The molecule has 0 saturated heterocycles. The number of ether oxygens (including phenoxy) is 1. The number of hydrogen-bond donors (Lipinski definition) is 2. The van der Waals surface area contributed by atoms with Crippen molar-refractivity contribution in [2.45, 2.75) is 13.1 Å². The Balaban J connectivity index is 2.37. The summed E-state index contributed by atoms with van der Waals surface area (Å²) in [6.45, 7) is 1.58. The summed E-state index contributed by atoms with van der Waals surface area (Å²) < 4.78 is 44.2. The number of nitrogens with one attached hydrogen (secondary N) is 2. The summed E-state index contributed by atoms with van der Waals surface area (Å²) in [7, 11) is 4.31. The van der Waals surface area contributed by atoms with E-state index in [0.717, 1.165) is 17.4 Å². The van der Waals surface area contributed by atoms with Crippen molar-refractivity contribution in [3.63, 3.8) is 0 Å². The number of rotatable bonds is 4. The number of halogens is 3. The van der Waals surface area contributed by atoms with Gasteiger partial charge < -0.3 is 20.3 Å². The van der Waals surface area contributed by atoms with Gasteiger partial charge in [0.05, 0.1) is 28.8 Å². The van der Waals surface area contributed by atoms with Gasteiger partial charge in [-0.3, -0.25) is 4.79 Å². The second-order valence-electron chi connectivity index (χ2n) is 6.07. The fraction of sp³-hybridized carbons (Fsp3) is 0.278. The molecule has 0 fully saturated rings. The van der Waals surface area contributed by atoms with E-state index >= 15 is 0 Å². The van der Waals surface area contributed by atoms with E-state index in [-0.39, 0.29) is 32.1 Å². The van der Waals surface area contributed by atoms with Crippen LogP contribution < -0.4 is 10.6 Å². The molecule has 1 aromatic carbocycles. The molecule has 29 heavy (non-hydrogen) atoms. The second-order valence-corrected chi connectivity index (χ2v) is 7.50. The molecule has 2 N–H and O–H groups in total. The molecular weight excluding hydrogens is 427 g/mol. The number of hydrogen-bond acceptors (Lipinski definition) is 5. The molecule has 0 unspecified atom stereocenters. The average Bonchev–Trinajstić information content (AvgIpc) is 2.95. The van der Waals surface area contributed by atoms with E-state index in [2.05, 4.69) is 10.6 Å². The minimum absolute atomic E-state index is 0.0935. The van der Waals surface area contributed by atoms with Crippen LogP contribution in [0, 0.1) is 6.92 Å². The first-order valence-electron chi connectivity index (χ1n) is 8.15. The fourth-order valence-corrected chi connectivity index (χ4v) is 3.95. The van der Waals surface area contributed by atoms with Crippen molar-refractivity contribution in [1.82, 2.24) is 4.90 Å². The highest BCUT2D eigenvalue weighted by atomic mass is 32.1. The van der Waals surface area contributed by atoms with Gasteiger partial charge in [0.1, 0.15) is 5.00 Å². The lowest BCUT2D eigenvalue weighted by Gasteiger charge is -2.15. The van der Waals surface area contributed by atoms with Crippen LogP contribution in [0.1, 0.15) is 31.2 Å². The summed E-state index contributed by atoms with van der Waals surface area (Å²) in [5.41, 5.74) is -0.643. The van der Waals surface area contributed by atoms with Crippen LogP contribution in [-0.2, 0) is 10.9 Å². The Morgan fingerprint density at radius 3 is 2.34 bits per heavy atom. The van der Waals surface area contributed by atoms with E-state index in [1.165, 1.54) is 30.2 Å². The Morgan fingerprint density at radius 2 is 1.79 bits per heavy atom. The van der Waals surface area contributed by atoms with Crippen LogP contribution in [0.15, 0.2) is 24.3 Å². The predicted molar refractivity (Wildman–Crippen MR) is 110 cm³/mol. The molecule has 1 heterocycles. The standard InChI is InChI=1S/C18H18F3N3O3S2/c1-9-12(16(26)27-4)14(29-13(9)15(25)24(2)3)23-17(28)22-11-8-6-5-7-10(11)18(19,20)21/h5-8H,1-4H3,(H2,22,23,28). The molecule has 2 rings (SSSR count). The van der Waals surface area contributed by atoms with Crippen LogP contribution in [0.2, 0.25) is 0 Å². The molecule has 0 atom stereocenters. The number of anilines is 2. The molecule has 6 nitrogen and oxygen atoms in total. The van der Waals surface area contributed by atoms with E-state index in [0.29, 0.717) is 5.56 Å².